The van der Waals surface area contributed by atoms with E-state index in [0.717, 1.165) is 5.39 Å². The smallest absolute Gasteiger partial charge is 0.408 e. The summed E-state index contributed by atoms with van der Waals surface area (Å²) in [4.78, 5) is 23.7. The van der Waals surface area contributed by atoms with Crippen molar-refractivity contribution >= 4 is 17.1 Å². The van der Waals surface area contributed by atoms with Gasteiger partial charge in [0.2, 0.25) is 0 Å². The maximum Gasteiger partial charge on any atom is 0.408 e. The van der Waals surface area contributed by atoms with Gasteiger partial charge in [-0.1, -0.05) is 0 Å². The molecule has 0 aliphatic carbocycles. The SMILES string of the molecule is COc1ccc2c([C@@H](C)NC(=O)OC(C)(C)C)cc(=O)oc2c1. The van der Waals surface area contributed by atoms with Gasteiger partial charge >= 0.3 is 11.7 Å². The van der Waals surface area contributed by atoms with Gasteiger partial charge in [-0.05, 0) is 45.4 Å². The summed E-state index contributed by atoms with van der Waals surface area (Å²) in [7, 11) is 1.54. The third kappa shape index (κ3) is 4.25. The van der Waals surface area contributed by atoms with Gasteiger partial charge in [0, 0.05) is 17.5 Å². The van der Waals surface area contributed by atoms with Gasteiger partial charge in [-0.2, -0.15) is 0 Å². The van der Waals surface area contributed by atoms with Crippen LogP contribution in [-0.4, -0.2) is 18.8 Å². The normalized spacial score (nSPS) is 12.7. The summed E-state index contributed by atoms with van der Waals surface area (Å²) in [5.74, 6) is 0.588. The third-order valence-electron chi connectivity index (χ3n) is 3.18. The number of hydrogen-bond acceptors (Lipinski definition) is 5. The van der Waals surface area contributed by atoms with Crippen molar-refractivity contribution in [2.24, 2.45) is 0 Å². The topological polar surface area (TPSA) is 77.8 Å². The van der Waals surface area contributed by atoms with Crippen molar-refractivity contribution in [1.82, 2.24) is 5.32 Å². The number of ether oxygens (including phenoxy) is 2. The highest BCUT2D eigenvalue weighted by atomic mass is 16.6. The summed E-state index contributed by atoms with van der Waals surface area (Å²) < 4.78 is 15.6. The first-order valence-electron chi connectivity index (χ1n) is 7.31. The van der Waals surface area contributed by atoms with Crippen molar-refractivity contribution in [2.45, 2.75) is 39.3 Å². The molecule has 0 saturated carbocycles. The highest BCUT2D eigenvalue weighted by Gasteiger charge is 2.20. The Balaban J connectivity index is 2.35. The average Bonchev–Trinajstić information content (AvgIpc) is 2.43. The summed E-state index contributed by atoms with van der Waals surface area (Å²) >= 11 is 0. The van der Waals surface area contributed by atoms with Crippen LogP contribution in [0.15, 0.2) is 33.5 Å². The van der Waals surface area contributed by atoms with Gasteiger partial charge in [-0.25, -0.2) is 9.59 Å². The van der Waals surface area contributed by atoms with Crippen LogP contribution in [0.1, 0.15) is 39.3 Å². The molecule has 6 nitrogen and oxygen atoms in total. The van der Waals surface area contributed by atoms with Gasteiger partial charge in [-0.15, -0.1) is 0 Å². The minimum absolute atomic E-state index is 0.407. The van der Waals surface area contributed by atoms with Gasteiger partial charge in [0.1, 0.15) is 16.9 Å². The van der Waals surface area contributed by atoms with Gasteiger partial charge in [-0.3, -0.25) is 0 Å². The van der Waals surface area contributed by atoms with Crippen LogP contribution in [-0.2, 0) is 4.74 Å². The van der Waals surface area contributed by atoms with Crippen molar-refractivity contribution in [1.29, 1.82) is 0 Å². The molecule has 1 N–H and O–H groups in total. The van der Waals surface area contributed by atoms with Crippen LogP contribution >= 0.6 is 0 Å². The number of nitrogens with one attached hydrogen (secondary N) is 1. The van der Waals surface area contributed by atoms with Gasteiger partial charge in [0.15, 0.2) is 0 Å². The van der Waals surface area contributed by atoms with E-state index in [9.17, 15) is 9.59 Å². The fraction of sp³-hybridized carbons (Fsp3) is 0.412. The van der Waals surface area contributed by atoms with E-state index in [1.54, 1.807) is 45.9 Å². The molecule has 1 amide bonds. The lowest BCUT2D eigenvalue weighted by Crippen LogP contribution is -2.34. The molecular formula is C17H21NO5. The van der Waals surface area contributed by atoms with E-state index in [4.69, 9.17) is 13.9 Å². The Morgan fingerprint density at radius 2 is 1.96 bits per heavy atom. The Kier molecular flexibility index (Phi) is 4.63. The number of amides is 1. The summed E-state index contributed by atoms with van der Waals surface area (Å²) in [5.41, 5.74) is -0.0114. The molecule has 1 aromatic carbocycles. The molecule has 0 spiro atoms. The lowest BCUT2D eigenvalue weighted by atomic mass is 10.0. The van der Waals surface area contributed by atoms with E-state index in [1.165, 1.54) is 13.2 Å². The molecule has 1 atom stereocenters. The minimum atomic E-state index is -0.588. The number of methoxy groups -OCH3 is 1. The molecule has 6 heteroatoms. The van der Waals surface area contributed by atoms with Crippen LogP contribution in [0.3, 0.4) is 0 Å². The van der Waals surface area contributed by atoms with Gasteiger partial charge in [0.05, 0.1) is 13.2 Å². The van der Waals surface area contributed by atoms with Crippen LogP contribution in [0.5, 0.6) is 5.75 Å². The standard InChI is InChI=1S/C17H21NO5/c1-10(18-16(20)23-17(2,3)4)13-9-15(19)22-14-8-11(21-5)6-7-12(13)14/h6-10H,1-5H3,(H,18,20)/t10-/m1/s1. The minimum Gasteiger partial charge on any atom is -0.497 e. The van der Waals surface area contributed by atoms with Crippen LogP contribution in [0.4, 0.5) is 4.79 Å². The number of alkyl carbamates (subject to hydrolysis) is 1. The molecule has 0 bridgehead atoms. The monoisotopic (exact) mass is 319 g/mol. The zero-order chi connectivity index (χ0) is 17.2. The number of hydrogen-bond donors (Lipinski definition) is 1. The Labute approximate surface area is 134 Å². The van der Waals surface area contributed by atoms with E-state index < -0.39 is 23.4 Å². The molecule has 0 saturated heterocycles. The van der Waals surface area contributed by atoms with E-state index in [-0.39, 0.29) is 0 Å². The molecule has 1 aromatic heterocycles. The predicted octanol–water partition coefficient (Wildman–Crippen LogP) is 3.39. The van der Waals surface area contributed by atoms with Crippen molar-refractivity contribution < 1.29 is 18.7 Å². The second-order valence-electron chi connectivity index (χ2n) is 6.25. The number of carbonyl (C=O) groups is 1. The zero-order valence-corrected chi connectivity index (χ0v) is 13.9. The maximum absolute atomic E-state index is 11.9. The lowest BCUT2D eigenvalue weighted by molar-refractivity contribution is 0.0508. The van der Waals surface area contributed by atoms with E-state index in [2.05, 4.69) is 5.32 Å². The van der Waals surface area contributed by atoms with Crippen LogP contribution in [0, 0.1) is 0 Å². The molecule has 2 aromatic rings. The van der Waals surface area contributed by atoms with E-state index in [0.29, 0.717) is 16.9 Å². The van der Waals surface area contributed by atoms with Crippen molar-refractivity contribution in [3.8, 4) is 5.75 Å². The molecule has 124 valence electrons. The van der Waals surface area contributed by atoms with Crippen LogP contribution in [0.2, 0.25) is 0 Å². The Hall–Kier alpha value is -2.50. The summed E-state index contributed by atoms with van der Waals surface area (Å²) in [6, 6.07) is 6.16. The molecule has 0 unspecified atom stereocenters. The van der Waals surface area contributed by atoms with Crippen molar-refractivity contribution in [3.63, 3.8) is 0 Å². The Morgan fingerprint density at radius 1 is 1.26 bits per heavy atom. The lowest BCUT2D eigenvalue weighted by Gasteiger charge is -2.22. The van der Waals surface area contributed by atoms with Crippen molar-refractivity contribution in [2.75, 3.05) is 7.11 Å². The van der Waals surface area contributed by atoms with Gasteiger partial charge < -0.3 is 19.2 Å². The highest BCUT2D eigenvalue weighted by molar-refractivity contribution is 5.82. The molecule has 23 heavy (non-hydrogen) atoms. The molecule has 0 radical (unpaired) electrons. The van der Waals surface area contributed by atoms with E-state index in [1.807, 2.05) is 0 Å². The first kappa shape index (κ1) is 16.9. The van der Waals surface area contributed by atoms with Crippen LogP contribution in [0.25, 0.3) is 11.0 Å². The molecule has 0 fully saturated rings. The summed E-state index contributed by atoms with van der Waals surface area (Å²) in [5, 5.41) is 3.46. The second kappa shape index (κ2) is 6.32. The number of benzene rings is 1. The van der Waals surface area contributed by atoms with Crippen LogP contribution < -0.4 is 15.7 Å². The summed E-state index contributed by atoms with van der Waals surface area (Å²) in [6.07, 6.45) is -0.542. The molecular weight excluding hydrogens is 298 g/mol. The number of rotatable bonds is 3. The van der Waals surface area contributed by atoms with E-state index >= 15 is 0 Å². The zero-order valence-electron chi connectivity index (χ0n) is 13.9. The first-order chi connectivity index (χ1) is 10.7. The predicted molar refractivity (Wildman–Crippen MR) is 86.8 cm³/mol. The number of carbonyl (C=O) groups excluding carboxylic acids is 1. The fourth-order valence-electron chi connectivity index (χ4n) is 2.22. The largest absolute Gasteiger partial charge is 0.497 e. The van der Waals surface area contributed by atoms with Gasteiger partial charge in [0.25, 0.3) is 0 Å². The molecule has 2 rings (SSSR count). The molecule has 0 aliphatic rings. The molecule has 0 aliphatic heterocycles. The quantitative estimate of drug-likeness (QED) is 0.877. The van der Waals surface area contributed by atoms with Crippen molar-refractivity contribution in [3.05, 3.63) is 40.2 Å². The highest BCUT2D eigenvalue weighted by Crippen LogP contribution is 2.26. The Morgan fingerprint density at radius 3 is 2.57 bits per heavy atom. The second-order valence-corrected chi connectivity index (χ2v) is 6.25. The third-order valence-corrected chi connectivity index (χ3v) is 3.18. The summed E-state index contributed by atoms with van der Waals surface area (Å²) in [6.45, 7) is 7.14. The average molecular weight is 319 g/mol. The number of fused-ring (bicyclic) bond motifs is 1. The molecule has 1 heterocycles. The first-order valence-corrected chi connectivity index (χ1v) is 7.31. The Bertz CT molecular complexity index is 773. The maximum atomic E-state index is 11.9. The fourth-order valence-corrected chi connectivity index (χ4v) is 2.22.